The molecule has 6 rings (SSSR count). The number of nitrogens with zero attached hydrogens (tertiary/aromatic N) is 3. The molecule has 3 atom stereocenters. The van der Waals surface area contributed by atoms with E-state index in [1.54, 1.807) is 0 Å². The number of rotatable bonds is 2. The van der Waals surface area contributed by atoms with Crippen LogP contribution in [0.25, 0.3) is 5.69 Å². The van der Waals surface area contributed by atoms with Crippen LogP contribution in [0.5, 0.6) is 0 Å². The molecule has 2 N–H and O–H groups in total. The van der Waals surface area contributed by atoms with E-state index in [4.69, 9.17) is 10.8 Å². The van der Waals surface area contributed by atoms with Gasteiger partial charge < -0.3 is 5.73 Å². The molecule has 2 fully saturated rings. The van der Waals surface area contributed by atoms with E-state index in [0.717, 1.165) is 37.3 Å². The number of para-hydroxylation sites is 2. The fourth-order valence-corrected chi connectivity index (χ4v) is 6.28. The zero-order chi connectivity index (χ0) is 19.6. The maximum absolute atomic E-state index is 6.61. The Labute approximate surface area is 171 Å². The lowest BCUT2D eigenvalue weighted by Crippen LogP contribution is -2.52. The van der Waals surface area contributed by atoms with Crippen molar-refractivity contribution < 1.29 is 0 Å². The summed E-state index contributed by atoms with van der Waals surface area (Å²) in [7, 11) is 0. The number of nitrogens with two attached hydrogens (primary N) is 1. The smallest absolute Gasteiger partial charge is 0.0649 e. The number of aromatic nitrogens is 2. The normalized spacial score (nSPS) is 29.2. The second-order valence-corrected chi connectivity index (χ2v) is 8.64. The Kier molecular flexibility index (Phi) is 3.57. The first-order chi connectivity index (χ1) is 14.2. The van der Waals surface area contributed by atoms with Crippen LogP contribution >= 0.6 is 0 Å². The van der Waals surface area contributed by atoms with Crippen LogP contribution in [0.1, 0.15) is 42.5 Å². The van der Waals surface area contributed by atoms with Crippen LogP contribution in [0.4, 0.5) is 5.69 Å². The summed E-state index contributed by atoms with van der Waals surface area (Å²) >= 11 is 0. The van der Waals surface area contributed by atoms with Crippen LogP contribution in [0.3, 0.4) is 0 Å². The molecule has 2 aromatic carbocycles. The molecule has 2 aliphatic heterocycles. The van der Waals surface area contributed by atoms with Crippen LogP contribution < -0.4 is 5.73 Å². The zero-order valence-corrected chi connectivity index (χ0v) is 16.8. The third-order valence-corrected chi connectivity index (χ3v) is 7.50. The molecule has 146 valence electrons. The zero-order valence-electron chi connectivity index (χ0n) is 16.8. The van der Waals surface area contributed by atoms with Crippen LogP contribution in [0.2, 0.25) is 0 Å². The summed E-state index contributed by atoms with van der Waals surface area (Å²) in [4.78, 5) is 2.68. The summed E-state index contributed by atoms with van der Waals surface area (Å²) in [6.45, 7) is 4.35. The highest BCUT2D eigenvalue weighted by Crippen LogP contribution is 2.59. The van der Waals surface area contributed by atoms with E-state index in [-0.39, 0.29) is 5.41 Å². The maximum atomic E-state index is 6.61. The number of piperidine rings is 1. The molecule has 1 aromatic heterocycles. The van der Waals surface area contributed by atoms with Crippen molar-refractivity contribution in [2.45, 2.75) is 37.1 Å². The molecule has 29 heavy (non-hydrogen) atoms. The van der Waals surface area contributed by atoms with Gasteiger partial charge in [-0.2, -0.15) is 5.10 Å². The van der Waals surface area contributed by atoms with E-state index in [1.807, 2.05) is 6.07 Å². The fraction of sp³-hybridized carbons (Fsp3) is 0.320. The summed E-state index contributed by atoms with van der Waals surface area (Å²) in [5.74, 6) is 0.463. The lowest BCUT2D eigenvalue weighted by atomic mass is 9.60. The van der Waals surface area contributed by atoms with Crippen molar-refractivity contribution in [2.24, 2.45) is 0 Å². The van der Waals surface area contributed by atoms with Gasteiger partial charge in [0.15, 0.2) is 0 Å². The molecule has 0 spiro atoms. The molecule has 3 aliphatic rings. The van der Waals surface area contributed by atoms with Gasteiger partial charge in [0.05, 0.1) is 23.0 Å². The quantitative estimate of drug-likeness (QED) is 0.532. The van der Waals surface area contributed by atoms with Gasteiger partial charge in [-0.3, -0.25) is 4.90 Å². The van der Waals surface area contributed by atoms with Gasteiger partial charge in [0.25, 0.3) is 0 Å². The Hall–Kier alpha value is -2.85. The molecule has 3 aromatic rings. The summed E-state index contributed by atoms with van der Waals surface area (Å²) < 4.78 is 2.20. The number of nitrogen functional groups attached to an aromatic ring is 1. The van der Waals surface area contributed by atoms with Crippen molar-refractivity contribution in [3.8, 4) is 5.69 Å². The maximum Gasteiger partial charge on any atom is 0.0649 e. The highest BCUT2D eigenvalue weighted by atomic mass is 15.3. The highest BCUT2D eigenvalue weighted by Gasteiger charge is 2.59. The van der Waals surface area contributed by atoms with Crippen LogP contribution in [0, 0.1) is 0 Å². The summed E-state index contributed by atoms with van der Waals surface area (Å²) in [6.07, 6.45) is 6.69. The Morgan fingerprint density at radius 2 is 1.90 bits per heavy atom. The van der Waals surface area contributed by atoms with Gasteiger partial charge in [-0.15, -0.1) is 0 Å². The lowest BCUT2D eigenvalue weighted by Gasteiger charge is -2.49. The van der Waals surface area contributed by atoms with Gasteiger partial charge in [0.2, 0.25) is 0 Å². The molecular formula is C25H26N4. The molecule has 3 heterocycles. The number of hydrogen-bond donors (Lipinski definition) is 1. The monoisotopic (exact) mass is 382 g/mol. The number of benzene rings is 2. The average molecular weight is 383 g/mol. The average Bonchev–Trinajstić information content (AvgIpc) is 3.37. The topological polar surface area (TPSA) is 47.1 Å². The van der Waals surface area contributed by atoms with Crippen molar-refractivity contribution in [1.29, 1.82) is 0 Å². The van der Waals surface area contributed by atoms with Gasteiger partial charge in [-0.1, -0.05) is 48.0 Å². The van der Waals surface area contributed by atoms with Crippen LogP contribution in [0.15, 0.2) is 72.4 Å². The van der Waals surface area contributed by atoms with E-state index >= 15 is 0 Å². The molecule has 2 bridgehead atoms. The Balaban J connectivity index is 1.69. The molecule has 0 radical (unpaired) electrons. The second-order valence-electron chi connectivity index (χ2n) is 8.64. The molecule has 4 nitrogen and oxygen atoms in total. The van der Waals surface area contributed by atoms with Gasteiger partial charge in [0.1, 0.15) is 0 Å². The standard InChI is InChI=1S/C25H26N4/c1-2-17-16-28-13-12-25(21-10-6-7-11-22(21)26)23(28)14-19(17)20-15-27-29(24(20)25)18-8-4-3-5-9-18/h2-11,15,19,23H,12-14,16,26H2,1H3/b17-2+. The predicted octanol–water partition coefficient (Wildman–Crippen LogP) is 4.26. The molecule has 3 unspecified atom stereocenters. The van der Waals surface area contributed by atoms with E-state index in [1.165, 1.54) is 22.4 Å². The highest BCUT2D eigenvalue weighted by molar-refractivity contribution is 5.61. The third kappa shape index (κ3) is 2.15. The number of fused-ring (bicyclic) bond motifs is 4. The molecule has 1 aliphatic carbocycles. The Bertz CT molecular complexity index is 1110. The minimum absolute atomic E-state index is 0.108. The van der Waals surface area contributed by atoms with Crippen molar-refractivity contribution in [2.75, 3.05) is 18.8 Å². The predicted molar refractivity (Wildman–Crippen MR) is 116 cm³/mol. The third-order valence-electron chi connectivity index (χ3n) is 7.50. The van der Waals surface area contributed by atoms with Gasteiger partial charge in [0, 0.05) is 36.3 Å². The van der Waals surface area contributed by atoms with Crippen LogP contribution in [-0.2, 0) is 5.41 Å². The Morgan fingerprint density at radius 1 is 1.10 bits per heavy atom. The largest absolute Gasteiger partial charge is 0.398 e. The van der Waals surface area contributed by atoms with Crippen molar-refractivity contribution in [3.05, 3.63) is 89.3 Å². The minimum Gasteiger partial charge on any atom is -0.398 e. The van der Waals surface area contributed by atoms with Crippen molar-refractivity contribution in [3.63, 3.8) is 0 Å². The van der Waals surface area contributed by atoms with E-state index in [0.29, 0.717) is 12.0 Å². The lowest BCUT2D eigenvalue weighted by molar-refractivity contribution is 0.171. The first-order valence-electron chi connectivity index (χ1n) is 10.6. The number of hydrogen-bond acceptors (Lipinski definition) is 3. The summed E-state index contributed by atoms with van der Waals surface area (Å²) in [6, 6.07) is 19.5. The van der Waals surface area contributed by atoms with Crippen molar-refractivity contribution in [1.82, 2.24) is 14.7 Å². The Morgan fingerprint density at radius 3 is 2.69 bits per heavy atom. The molecule has 4 heteroatoms. The van der Waals surface area contributed by atoms with Gasteiger partial charge in [-0.25, -0.2) is 4.68 Å². The molecule has 2 saturated heterocycles. The van der Waals surface area contributed by atoms with Gasteiger partial charge in [-0.05, 0) is 43.5 Å². The summed E-state index contributed by atoms with van der Waals surface area (Å²) in [5, 5.41) is 4.94. The first-order valence-corrected chi connectivity index (χ1v) is 10.6. The van der Waals surface area contributed by atoms with Crippen molar-refractivity contribution >= 4 is 5.69 Å². The number of allylic oxidation sites excluding steroid dienone is 1. The minimum atomic E-state index is -0.108. The SMILES string of the molecule is C/C=C1\CN2CCC3(c4ccccc4N)c4c(cnn4-c4ccccc4)C1CC23. The van der Waals surface area contributed by atoms with E-state index < -0.39 is 0 Å². The van der Waals surface area contributed by atoms with Crippen LogP contribution in [-0.4, -0.2) is 33.8 Å². The van der Waals surface area contributed by atoms with Gasteiger partial charge >= 0.3 is 0 Å². The van der Waals surface area contributed by atoms with E-state index in [9.17, 15) is 0 Å². The van der Waals surface area contributed by atoms with E-state index in [2.05, 4.69) is 77.3 Å². The second kappa shape index (κ2) is 6.07. The summed E-state index contributed by atoms with van der Waals surface area (Å²) in [5.41, 5.74) is 14.1. The molecule has 0 amide bonds. The number of anilines is 1. The molecule has 0 saturated carbocycles. The molecular weight excluding hydrogens is 356 g/mol. The fourth-order valence-electron chi connectivity index (χ4n) is 6.28. The first kappa shape index (κ1) is 17.0.